The van der Waals surface area contributed by atoms with Crippen LogP contribution >= 0.6 is 16.8 Å². The summed E-state index contributed by atoms with van der Waals surface area (Å²) in [6.45, 7) is 4.14. The zero-order valence-electron chi connectivity index (χ0n) is 12.5. The number of carbonyl (C=O) groups is 2. The van der Waals surface area contributed by atoms with E-state index in [2.05, 4.69) is 5.32 Å². The molecule has 0 unspecified atom stereocenters. The Hall–Kier alpha value is -0.880. The number of carboxylic acids is 1. The Morgan fingerprint density at radius 2 is 2.05 bits per heavy atom. The highest BCUT2D eigenvalue weighted by Crippen LogP contribution is 2.56. The first-order valence-corrected chi connectivity index (χ1v) is 11.5. The molecule has 0 bridgehead atoms. The SMILES string of the molecule is CCO[P@](C)(=S)SCC(=O)N[C@@H](Cc1ccccc1)C(=O)[O-]. The molecule has 0 radical (unpaired) electrons. The van der Waals surface area contributed by atoms with Crippen LogP contribution in [0.25, 0.3) is 0 Å². The molecule has 1 aromatic carbocycles. The highest BCUT2D eigenvalue weighted by Gasteiger charge is 2.17. The van der Waals surface area contributed by atoms with Crippen molar-refractivity contribution in [3.05, 3.63) is 35.9 Å². The van der Waals surface area contributed by atoms with Crippen molar-refractivity contribution >= 4 is 40.5 Å². The molecular weight excluding hydrogens is 341 g/mol. The molecule has 0 aliphatic rings. The minimum atomic E-state index is -2.05. The van der Waals surface area contributed by atoms with Gasteiger partial charge in [0.1, 0.15) is 5.47 Å². The first-order chi connectivity index (χ1) is 10.3. The fraction of sp³-hybridized carbons (Fsp3) is 0.429. The number of aliphatic carboxylic acids is 1. The molecule has 8 heteroatoms. The largest absolute Gasteiger partial charge is 0.548 e. The molecule has 0 aromatic heterocycles. The summed E-state index contributed by atoms with van der Waals surface area (Å²) >= 11 is 6.52. The lowest BCUT2D eigenvalue weighted by Crippen LogP contribution is -2.49. The van der Waals surface area contributed by atoms with Crippen molar-refractivity contribution in [1.29, 1.82) is 0 Å². The highest BCUT2D eigenvalue weighted by molar-refractivity contribution is 8.69. The third-order valence-electron chi connectivity index (χ3n) is 2.70. The van der Waals surface area contributed by atoms with Crippen molar-refractivity contribution in [3.63, 3.8) is 0 Å². The second-order valence-electron chi connectivity index (χ2n) is 4.59. The van der Waals surface area contributed by atoms with Crippen LogP contribution in [0.2, 0.25) is 0 Å². The lowest BCUT2D eigenvalue weighted by molar-refractivity contribution is -0.308. The summed E-state index contributed by atoms with van der Waals surface area (Å²) < 4.78 is 5.41. The predicted molar refractivity (Wildman–Crippen MR) is 91.4 cm³/mol. The first-order valence-electron chi connectivity index (χ1n) is 6.75. The molecular formula is C14H19NO4PS2-. The molecule has 5 nitrogen and oxygen atoms in total. The molecule has 0 aliphatic carbocycles. The van der Waals surface area contributed by atoms with Crippen molar-refractivity contribution in [3.8, 4) is 0 Å². The van der Waals surface area contributed by atoms with Gasteiger partial charge in [-0.2, -0.15) is 0 Å². The predicted octanol–water partition coefficient (Wildman–Crippen LogP) is 1.17. The number of nitrogens with one attached hydrogen (secondary N) is 1. The number of carboxylic acid groups (broad SMARTS) is 1. The standard InChI is InChI=1S/C14H20NO4PS2/c1-3-19-20(2,21)22-10-13(16)15-12(14(17)18)9-11-7-5-4-6-8-11/h4-8,12H,3,9-10H2,1-2H3,(H,15,16)(H,17,18)/p-1/t12-,20+/m0/s1. The second kappa shape index (κ2) is 9.30. The summed E-state index contributed by atoms with van der Waals surface area (Å²) in [6, 6.07) is 8.02. The van der Waals surface area contributed by atoms with Gasteiger partial charge in [-0.05, 0) is 25.6 Å². The molecule has 1 rings (SSSR count). The summed E-state index contributed by atoms with van der Waals surface area (Å²) in [4.78, 5) is 23.1. The van der Waals surface area contributed by atoms with Gasteiger partial charge >= 0.3 is 0 Å². The van der Waals surface area contributed by atoms with E-state index < -0.39 is 17.5 Å². The van der Waals surface area contributed by atoms with Gasteiger partial charge in [0.15, 0.2) is 0 Å². The van der Waals surface area contributed by atoms with Crippen LogP contribution in [-0.2, 0) is 32.3 Å². The number of benzene rings is 1. The van der Waals surface area contributed by atoms with E-state index in [1.165, 1.54) is 11.4 Å². The summed E-state index contributed by atoms with van der Waals surface area (Å²) in [7, 11) is 0. The van der Waals surface area contributed by atoms with Gasteiger partial charge in [0.25, 0.3) is 0 Å². The molecule has 0 spiro atoms. The lowest BCUT2D eigenvalue weighted by Gasteiger charge is -2.21. The Morgan fingerprint density at radius 1 is 1.41 bits per heavy atom. The van der Waals surface area contributed by atoms with Gasteiger partial charge in [-0.25, -0.2) is 0 Å². The van der Waals surface area contributed by atoms with Crippen LogP contribution in [0.1, 0.15) is 12.5 Å². The van der Waals surface area contributed by atoms with Crippen LogP contribution < -0.4 is 10.4 Å². The Kier molecular flexibility index (Phi) is 8.10. The minimum absolute atomic E-state index is 0.0757. The summed E-state index contributed by atoms with van der Waals surface area (Å²) in [5.74, 6) is -1.61. The van der Waals surface area contributed by atoms with Gasteiger partial charge in [0.2, 0.25) is 5.91 Å². The molecule has 122 valence electrons. The monoisotopic (exact) mass is 360 g/mol. The van der Waals surface area contributed by atoms with E-state index in [0.29, 0.717) is 6.61 Å². The van der Waals surface area contributed by atoms with Crippen LogP contribution in [0.4, 0.5) is 0 Å². The Morgan fingerprint density at radius 3 is 2.59 bits per heavy atom. The average molecular weight is 360 g/mol. The lowest BCUT2D eigenvalue weighted by atomic mass is 10.1. The zero-order chi connectivity index (χ0) is 16.6. The maximum atomic E-state index is 11.9. The zero-order valence-corrected chi connectivity index (χ0v) is 15.0. The van der Waals surface area contributed by atoms with E-state index in [-0.39, 0.29) is 18.1 Å². The number of amides is 1. The van der Waals surface area contributed by atoms with Crippen molar-refractivity contribution in [2.75, 3.05) is 19.0 Å². The van der Waals surface area contributed by atoms with Gasteiger partial charge in [-0.15, -0.1) is 0 Å². The maximum absolute atomic E-state index is 11.9. The van der Waals surface area contributed by atoms with E-state index in [9.17, 15) is 14.7 Å². The third kappa shape index (κ3) is 7.40. The van der Waals surface area contributed by atoms with Gasteiger partial charge in [-0.3, -0.25) is 4.79 Å². The molecule has 1 amide bonds. The second-order valence-corrected chi connectivity index (χ2v) is 12.6. The van der Waals surface area contributed by atoms with Crippen LogP contribution in [0, 0.1) is 0 Å². The first kappa shape index (κ1) is 19.2. The van der Waals surface area contributed by atoms with Crippen molar-refractivity contribution in [2.45, 2.75) is 19.4 Å². The smallest absolute Gasteiger partial charge is 0.230 e. The molecule has 1 aromatic rings. The Bertz CT molecular complexity index is 553. The van der Waals surface area contributed by atoms with E-state index >= 15 is 0 Å². The van der Waals surface area contributed by atoms with Gasteiger partial charge in [-0.1, -0.05) is 53.5 Å². The van der Waals surface area contributed by atoms with E-state index in [1.54, 1.807) is 18.8 Å². The summed E-state index contributed by atoms with van der Waals surface area (Å²) in [5.41, 5.74) is -1.23. The van der Waals surface area contributed by atoms with Crippen LogP contribution in [0.5, 0.6) is 0 Å². The fourth-order valence-electron chi connectivity index (χ4n) is 1.73. The fourth-order valence-corrected chi connectivity index (χ4v) is 5.09. The third-order valence-corrected chi connectivity index (χ3v) is 7.66. The van der Waals surface area contributed by atoms with Gasteiger partial charge in [0.05, 0.1) is 17.8 Å². The number of hydrogen-bond donors (Lipinski definition) is 1. The number of rotatable bonds is 9. The molecule has 0 saturated heterocycles. The average Bonchev–Trinajstić information content (AvgIpc) is 2.45. The maximum Gasteiger partial charge on any atom is 0.230 e. The number of hydrogen-bond acceptors (Lipinski definition) is 6. The van der Waals surface area contributed by atoms with Crippen LogP contribution in [0.3, 0.4) is 0 Å². The van der Waals surface area contributed by atoms with E-state index in [0.717, 1.165) is 5.56 Å². The molecule has 0 aliphatic heterocycles. The van der Waals surface area contributed by atoms with Crippen LogP contribution in [0.15, 0.2) is 30.3 Å². The van der Waals surface area contributed by atoms with Crippen molar-refractivity contribution < 1.29 is 19.2 Å². The molecule has 0 saturated carbocycles. The normalized spacial score (nSPS) is 14.8. The molecule has 0 fully saturated rings. The quantitative estimate of drug-likeness (QED) is 0.666. The molecule has 22 heavy (non-hydrogen) atoms. The molecule has 0 heterocycles. The van der Waals surface area contributed by atoms with E-state index in [1.807, 2.05) is 25.1 Å². The van der Waals surface area contributed by atoms with Crippen LogP contribution in [-0.4, -0.2) is 36.9 Å². The Labute approximate surface area is 139 Å². The van der Waals surface area contributed by atoms with E-state index in [4.69, 9.17) is 16.3 Å². The molecule has 2 atom stereocenters. The summed E-state index contributed by atoms with van der Waals surface area (Å²) in [5, 5.41) is 13.6. The van der Waals surface area contributed by atoms with Crippen molar-refractivity contribution in [1.82, 2.24) is 5.32 Å². The highest BCUT2D eigenvalue weighted by atomic mass is 32.9. The minimum Gasteiger partial charge on any atom is -0.548 e. The summed E-state index contributed by atoms with van der Waals surface area (Å²) in [6.07, 6.45) is 0.186. The number of carbonyl (C=O) groups excluding carboxylic acids is 2. The Balaban J connectivity index is 2.55. The van der Waals surface area contributed by atoms with Gasteiger partial charge < -0.3 is 19.7 Å². The topological polar surface area (TPSA) is 78.5 Å². The van der Waals surface area contributed by atoms with Gasteiger partial charge in [0, 0.05) is 6.61 Å². The molecule has 1 N–H and O–H groups in total. The van der Waals surface area contributed by atoms with Crippen molar-refractivity contribution in [2.24, 2.45) is 0 Å².